The van der Waals surface area contributed by atoms with E-state index in [-0.39, 0.29) is 17.8 Å². The summed E-state index contributed by atoms with van der Waals surface area (Å²) in [5.74, 6) is 0.136. The number of fused-ring (bicyclic) bond motifs is 1. The maximum absolute atomic E-state index is 12.5. The zero-order valence-electron chi connectivity index (χ0n) is 15.9. The van der Waals surface area contributed by atoms with Crippen LogP contribution < -0.4 is 10.0 Å². The number of anilines is 1. The lowest BCUT2D eigenvalue weighted by atomic mass is 10.1. The van der Waals surface area contributed by atoms with Gasteiger partial charge in [-0.1, -0.05) is 6.92 Å². The number of carbonyl (C=O) groups excluding carboxylic acids is 1. The summed E-state index contributed by atoms with van der Waals surface area (Å²) in [5.41, 5.74) is 2.25. The summed E-state index contributed by atoms with van der Waals surface area (Å²) in [5, 5.41) is 8.10. The second-order valence-corrected chi connectivity index (χ2v) is 8.81. The van der Waals surface area contributed by atoms with Gasteiger partial charge in [-0.05, 0) is 32.3 Å². The Labute approximate surface area is 159 Å². The first-order valence-electron chi connectivity index (χ1n) is 9.14. The first-order valence-corrected chi connectivity index (χ1v) is 10.8. The van der Waals surface area contributed by atoms with Crippen molar-refractivity contribution in [1.82, 2.24) is 24.4 Å². The third-order valence-corrected chi connectivity index (χ3v) is 6.35. The lowest BCUT2D eigenvalue weighted by molar-refractivity contribution is 0.193. The Morgan fingerprint density at radius 3 is 2.70 bits per heavy atom. The van der Waals surface area contributed by atoms with Gasteiger partial charge in [0.25, 0.3) is 0 Å². The van der Waals surface area contributed by atoms with Crippen molar-refractivity contribution >= 4 is 32.8 Å². The van der Waals surface area contributed by atoms with E-state index in [1.54, 1.807) is 15.8 Å². The number of aryl methyl sites for hydroxylation is 2. The van der Waals surface area contributed by atoms with Gasteiger partial charge in [0.15, 0.2) is 5.65 Å². The van der Waals surface area contributed by atoms with E-state index in [4.69, 9.17) is 0 Å². The predicted molar refractivity (Wildman–Crippen MR) is 104 cm³/mol. The summed E-state index contributed by atoms with van der Waals surface area (Å²) in [4.78, 5) is 18.6. The van der Waals surface area contributed by atoms with Gasteiger partial charge in [-0.3, -0.25) is 4.68 Å². The first kappa shape index (κ1) is 19.6. The van der Waals surface area contributed by atoms with Crippen molar-refractivity contribution in [3.63, 3.8) is 0 Å². The number of aromatic nitrogens is 3. The van der Waals surface area contributed by atoms with E-state index >= 15 is 0 Å². The van der Waals surface area contributed by atoms with Gasteiger partial charge in [0.2, 0.25) is 10.0 Å². The van der Waals surface area contributed by atoms with Crippen LogP contribution in [0.2, 0.25) is 0 Å². The van der Waals surface area contributed by atoms with Gasteiger partial charge in [-0.2, -0.15) is 5.10 Å². The summed E-state index contributed by atoms with van der Waals surface area (Å²) in [6.45, 7) is 4.75. The second kappa shape index (κ2) is 7.81. The van der Waals surface area contributed by atoms with Crippen molar-refractivity contribution < 1.29 is 13.2 Å². The van der Waals surface area contributed by atoms with Crippen molar-refractivity contribution in [3.05, 3.63) is 18.0 Å². The fourth-order valence-electron chi connectivity index (χ4n) is 3.36. The molecule has 0 radical (unpaired) electrons. The monoisotopic (exact) mass is 394 g/mol. The van der Waals surface area contributed by atoms with Crippen LogP contribution in [0.1, 0.15) is 31.9 Å². The van der Waals surface area contributed by atoms with E-state index in [0.717, 1.165) is 16.7 Å². The van der Waals surface area contributed by atoms with E-state index in [9.17, 15) is 13.2 Å². The molecule has 0 spiro atoms. The molecule has 2 aromatic heterocycles. The summed E-state index contributed by atoms with van der Waals surface area (Å²) in [7, 11) is -1.39. The van der Waals surface area contributed by atoms with E-state index in [0.29, 0.717) is 38.0 Å². The Morgan fingerprint density at radius 1 is 1.33 bits per heavy atom. The highest BCUT2D eigenvalue weighted by Crippen LogP contribution is 2.20. The fraction of sp³-hybridized carbons (Fsp3) is 0.588. The molecule has 9 nitrogen and oxygen atoms in total. The summed E-state index contributed by atoms with van der Waals surface area (Å²) < 4.78 is 28.2. The Kier molecular flexibility index (Phi) is 5.66. The minimum absolute atomic E-state index is 0.110. The molecular formula is C17H26N6O3S. The summed E-state index contributed by atoms with van der Waals surface area (Å²) in [6.07, 6.45) is 3.42. The highest BCUT2D eigenvalue weighted by atomic mass is 32.2. The lowest BCUT2D eigenvalue weighted by Gasteiger charge is -2.32. The molecule has 1 aliphatic heterocycles. The number of urea groups is 1. The predicted octanol–water partition coefficient (Wildman–Crippen LogP) is 1.60. The zero-order chi connectivity index (χ0) is 19.6. The topological polar surface area (TPSA) is 109 Å². The van der Waals surface area contributed by atoms with Gasteiger partial charge in [-0.15, -0.1) is 0 Å². The standard InChI is InChI=1S/C17H26N6O3S/c1-4-9-27(25,26)21-13-5-7-23(8-6-13)17(24)19-14-10-15-12(2)20-22(3)16(15)18-11-14/h10-11,13,21H,4-9H2,1-3H3,(H,19,24). The van der Waals surface area contributed by atoms with E-state index < -0.39 is 10.0 Å². The third-order valence-electron chi connectivity index (χ3n) is 4.72. The van der Waals surface area contributed by atoms with E-state index in [1.807, 2.05) is 27.0 Å². The molecule has 1 fully saturated rings. The Bertz CT molecular complexity index is 932. The SMILES string of the molecule is CCCS(=O)(=O)NC1CCN(C(=O)Nc2cnc3c(c2)c(C)nn3C)CC1. The second-order valence-electron chi connectivity index (χ2n) is 6.93. The quantitative estimate of drug-likeness (QED) is 0.801. The summed E-state index contributed by atoms with van der Waals surface area (Å²) in [6, 6.07) is 1.56. The number of hydrogen-bond donors (Lipinski definition) is 2. The summed E-state index contributed by atoms with van der Waals surface area (Å²) >= 11 is 0. The molecule has 0 atom stereocenters. The van der Waals surface area contributed by atoms with Gasteiger partial charge in [0.1, 0.15) is 0 Å². The maximum atomic E-state index is 12.5. The third kappa shape index (κ3) is 4.56. The van der Waals surface area contributed by atoms with Gasteiger partial charge < -0.3 is 10.2 Å². The molecule has 0 unspecified atom stereocenters. The molecule has 0 saturated carbocycles. The van der Waals surface area contributed by atoms with Gasteiger partial charge >= 0.3 is 6.03 Å². The van der Waals surface area contributed by atoms with Crippen LogP contribution in [0.15, 0.2) is 12.3 Å². The number of sulfonamides is 1. The number of amides is 2. The molecular weight excluding hydrogens is 368 g/mol. The van der Waals surface area contributed by atoms with Crippen molar-refractivity contribution in [2.45, 2.75) is 39.2 Å². The van der Waals surface area contributed by atoms with Crippen LogP contribution in [0.5, 0.6) is 0 Å². The molecule has 148 valence electrons. The molecule has 27 heavy (non-hydrogen) atoms. The molecule has 2 amide bonds. The van der Waals surface area contributed by atoms with Crippen LogP contribution >= 0.6 is 0 Å². The molecule has 1 aliphatic rings. The number of carbonyl (C=O) groups is 1. The smallest absolute Gasteiger partial charge is 0.321 e. The lowest BCUT2D eigenvalue weighted by Crippen LogP contribution is -2.48. The number of nitrogens with zero attached hydrogens (tertiary/aromatic N) is 4. The van der Waals surface area contributed by atoms with Gasteiger partial charge in [0, 0.05) is 31.6 Å². The fourth-order valence-corrected chi connectivity index (χ4v) is 4.76. The minimum Gasteiger partial charge on any atom is -0.324 e. The van der Waals surface area contributed by atoms with Gasteiger partial charge in [0.05, 0.1) is 23.3 Å². The average Bonchev–Trinajstić information content (AvgIpc) is 2.89. The molecule has 2 aromatic rings. The van der Waals surface area contributed by atoms with E-state index in [1.165, 1.54) is 0 Å². The number of likely N-dealkylation sites (tertiary alicyclic amines) is 1. The molecule has 0 aliphatic carbocycles. The Morgan fingerprint density at radius 2 is 2.04 bits per heavy atom. The number of hydrogen-bond acceptors (Lipinski definition) is 5. The highest BCUT2D eigenvalue weighted by molar-refractivity contribution is 7.89. The van der Waals surface area contributed by atoms with Crippen LogP contribution in [0, 0.1) is 6.92 Å². The van der Waals surface area contributed by atoms with Crippen LogP contribution in [0.3, 0.4) is 0 Å². The normalized spacial score (nSPS) is 16.0. The van der Waals surface area contributed by atoms with Crippen LogP contribution in [0.4, 0.5) is 10.5 Å². The molecule has 3 rings (SSSR count). The molecule has 10 heteroatoms. The largest absolute Gasteiger partial charge is 0.324 e. The molecule has 2 N–H and O–H groups in total. The Balaban J connectivity index is 1.58. The maximum Gasteiger partial charge on any atom is 0.321 e. The zero-order valence-corrected chi connectivity index (χ0v) is 16.7. The van der Waals surface area contributed by atoms with Gasteiger partial charge in [-0.25, -0.2) is 22.9 Å². The van der Waals surface area contributed by atoms with Crippen LogP contribution in [0.25, 0.3) is 11.0 Å². The highest BCUT2D eigenvalue weighted by Gasteiger charge is 2.25. The number of nitrogens with one attached hydrogen (secondary N) is 2. The van der Waals surface area contributed by atoms with E-state index in [2.05, 4.69) is 20.1 Å². The number of pyridine rings is 1. The molecule has 0 aromatic carbocycles. The Hall–Kier alpha value is -2.20. The molecule has 1 saturated heterocycles. The van der Waals surface area contributed by atoms with Crippen molar-refractivity contribution in [2.24, 2.45) is 7.05 Å². The molecule has 3 heterocycles. The number of rotatable bonds is 5. The van der Waals surface area contributed by atoms with Crippen LogP contribution in [-0.2, 0) is 17.1 Å². The van der Waals surface area contributed by atoms with Crippen molar-refractivity contribution in [3.8, 4) is 0 Å². The number of piperidine rings is 1. The molecule has 0 bridgehead atoms. The van der Waals surface area contributed by atoms with Crippen molar-refractivity contribution in [2.75, 3.05) is 24.2 Å². The first-order chi connectivity index (χ1) is 12.8. The average molecular weight is 395 g/mol. The van der Waals surface area contributed by atoms with Crippen molar-refractivity contribution in [1.29, 1.82) is 0 Å². The minimum atomic E-state index is -3.23. The van der Waals surface area contributed by atoms with Crippen LogP contribution in [-0.4, -0.2) is 59.0 Å².